The average Bonchev–Trinajstić information content (AvgIpc) is 2.10. The maximum Gasteiger partial charge on any atom is 0.320 e. The van der Waals surface area contributed by atoms with E-state index >= 15 is 0 Å². The van der Waals surface area contributed by atoms with E-state index < -0.39 is 17.6 Å². The van der Waals surface area contributed by atoms with Gasteiger partial charge in [0.05, 0.1) is 5.60 Å². The minimum Gasteiger partial charge on any atom is -0.480 e. The van der Waals surface area contributed by atoms with Crippen LogP contribution < -0.4 is 5.32 Å². The van der Waals surface area contributed by atoms with Crippen molar-refractivity contribution in [1.82, 2.24) is 5.32 Å². The van der Waals surface area contributed by atoms with Gasteiger partial charge in [-0.15, -0.1) is 0 Å². The first-order valence-corrected chi connectivity index (χ1v) is 3.20. The van der Waals surface area contributed by atoms with Gasteiger partial charge < -0.3 is 15.5 Å². The molecule has 58 valence electrons. The Hall–Kier alpha value is -0.610. The fourth-order valence-electron chi connectivity index (χ4n) is 1.10. The molecule has 0 saturated carbocycles. The monoisotopic (exact) mass is 145 g/mol. The molecular formula is C6H11NO3. The van der Waals surface area contributed by atoms with Crippen LogP contribution in [0.25, 0.3) is 0 Å². The van der Waals surface area contributed by atoms with Gasteiger partial charge in [0.1, 0.15) is 6.04 Å². The van der Waals surface area contributed by atoms with Crippen molar-refractivity contribution in [3.8, 4) is 0 Å². The summed E-state index contributed by atoms with van der Waals surface area (Å²) in [6, 6.07) is -0.574. The quantitative estimate of drug-likeness (QED) is 0.451. The fraction of sp³-hybridized carbons (Fsp3) is 0.833. The highest BCUT2D eigenvalue weighted by Crippen LogP contribution is 2.17. The molecule has 0 aromatic carbocycles. The molecule has 4 heteroatoms. The van der Waals surface area contributed by atoms with E-state index in [1.807, 2.05) is 0 Å². The zero-order chi connectivity index (χ0) is 7.78. The molecule has 1 heterocycles. The predicted octanol–water partition coefficient (Wildman–Crippen LogP) is -0.816. The maximum atomic E-state index is 10.3. The molecule has 4 nitrogen and oxygen atoms in total. The molecule has 1 fully saturated rings. The van der Waals surface area contributed by atoms with E-state index in [-0.39, 0.29) is 0 Å². The largest absolute Gasteiger partial charge is 0.480 e. The van der Waals surface area contributed by atoms with E-state index in [2.05, 4.69) is 5.32 Å². The summed E-state index contributed by atoms with van der Waals surface area (Å²) in [5.41, 5.74) is -0.844. The third kappa shape index (κ3) is 1.46. The zero-order valence-corrected chi connectivity index (χ0v) is 5.79. The van der Waals surface area contributed by atoms with E-state index in [4.69, 9.17) is 5.11 Å². The van der Waals surface area contributed by atoms with E-state index in [1.54, 1.807) is 6.92 Å². The Bertz CT molecular complexity index is 155. The number of carboxylic acid groups (broad SMARTS) is 1. The van der Waals surface area contributed by atoms with Crippen molar-refractivity contribution in [2.24, 2.45) is 0 Å². The molecule has 0 bridgehead atoms. The first-order chi connectivity index (χ1) is 4.51. The van der Waals surface area contributed by atoms with E-state index in [9.17, 15) is 9.90 Å². The van der Waals surface area contributed by atoms with Gasteiger partial charge in [0.2, 0.25) is 0 Å². The lowest BCUT2D eigenvalue weighted by Gasteiger charge is -2.12. The van der Waals surface area contributed by atoms with Crippen molar-refractivity contribution in [1.29, 1.82) is 0 Å². The van der Waals surface area contributed by atoms with Gasteiger partial charge in [0.25, 0.3) is 0 Å². The lowest BCUT2D eigenvalue weighted by molar-refractivity contribution is -0.139. The number of rotatable bonds is 1. The van der Waals surface area contributed by atoms with Crippen LogP contribution in [0, 0.1) is 0 Å². The molecule has 1 saturated heterocycles. The number of β-amino-alcohol motifs (C(OH)–C–C–N with tert-alkyl or cyclic N) is 1. The van der Waals surface area contributed by atoms with Crippen molar-refractivity contribution >= 4 is 5.97 Å². The number of nitrogens with one attached hydrogen (secondary N) is 1. The Labute approximate surface area is 58.9 Å². The van der Waals surface area contributed by atoms with Crippen LogP contribution >= 0.6 is 0 Å². The molecule has 0 aliphatic carbocycles. The number of carbonyl (C=O) groups is 1. The zero-order valence-electron chi connectivity index (χ0n) is 5.79. The number of carboxylic acids is 1. The second kappa shape index (κ2) is 2.21. The Kier molecular flexibility index (Phi) is 1.66. The minimum absolute atomic E-state index is 0.294. The van der Waals surface area contributed by atoms with Gasteiger partial charge in [-0.25, -0.2) is 0 Å². The summed E-state index contributed by atoms with van der Waals surface area (Å²) in [7, 11) is 0. The van der Waals surface area contributed by atoms with Crippen molar-refractivity contribution in [2.45, 2.75) is 25.0 Å². The maximum absolute atomic E-state index is 10.3. The molecule has 2 atom stereocenters. The molecular weight excluding hydrogens is 134 g/mol. The molecule has 3 N–H and O–H groups in total. The van der Waals surface area contributed by atoms with Crippen molar-refractivity contribution < 1.29 is 15.0 Å². The van der Waals surface area contributed by atoms with E-state index in [0.717, 1.165) is 0 Å². The van der Waals surface area contributed by atoms with Gasteiger partial charge >= 0.3 is 5.97 Å². The lowest BCUT2D eigenvalue weighted by Crippen LogP contribution is -2.30. The first kappa shape index (κ1) is 7.50. The molecule has 1 unspecified atom stereocenters. The molecule has 0 amide bonds. The highest BCUT2D eigenvalue weighted by atomic mass is 16.4. The van der Waals surface area contributed by atoms with Crippen molar-refractivity contribution in [3.63, 3.8) is 0 Å². The van der Waals surface area contributed by atoms with E-state index in [1.165, 1.54) is 0 Å². The van der Waals surface area contributed by atoms with Crippen LogP contribution in [0.3, 0.4) is 0 Å². The first-order valence-electron chi connectivity index (χ1n) is 3.20. The van der Waals surface area contributed by atoms with Crippen LogP contribution in [-0.2, 0) is 4.79 Å². The summed E-state index contributed by atoms with van der Waals surface area (Å²) in [4.78, 5) is 10.3. The van der Waals surface area contributed by atoms with Gasteiger partial charge in [-0.05, 0) is 6.92 Å². The molecule has 1 aliphatic rings. The van der Waals surface area contributed by atoms with Gasteiger partial charge in [-0.3, -0.25) is 4.79 Å². The molecule has 0 aromatic rings. The Balaban J connectivity index is 2.51. The third-order valence-corrected chi connectivity index (χ3v) is 1.67. The van der Waals surface area contributed by atoms with Crippen molar-refractivity contribution in [3.05, 3.63) is 0 Å². The summed E-state index contributed by atoms with van der Waals surface area (Å²) in [6.45, 7) is 1.99. The van der Waals surface area contributed by atoms with E-state index in [0.29, 0.717) is 13.0 Å². The van der Waals surface area contributed by atoms with Crippen molar-refractivity contribution in [2.75, 3.05) is 6.54 Å². The SMILES string of the molecule is C[C@]1(O)CNC(C(=O)O)C1. The molecule has 1 rings (SSSR count). The third-order valence-electron chi connectivity index (χ3n) is 1.67. The van der Waals surface area contributed by atoms with Crippen LogP contribution in [0.1, 0.15) is 13.3 Å². The highest BCUT2D eigenvalue weighted by molar-refractivity contribution is 5.74. The summed E-state index contributed by atoms with van der Waals surface area (Å²) >= 11 is 0. The smallest absolute Gasteiger partial charge is 0.320 e. The minimum atomic E-state index is -0.891. The summed E-state index contributed by atoms with van der Waals surface area (Å²) < 4.78 is 0. The molecule has 0 aromatic heterocycles. The van der Waals surface area contributed by atoms with Crippen LogP contribution in [0.2, 0.25) is 0 Å². The van der Waals surface area contributed by atoms with Crippen LogP contribution in [0.5, 0.6) is 0 Å². The molecule has 0 radical (unpaired) electrons. The van der Waals surface area contributed by atoms with Gasteiger partial charge in [0.15, 0.2) is 0 Å². The second-order valence-corrected chi connectivity index (χ2v) is 2.97. The van der Waals surface area contributed by atoms with Gasteiger partial charge in [0, 0.05) is 13.0 Å². The summed E-state index contributed by atoms with van der Waals surface area (Å²) in [5.74, 6) is -0.891. The normalized spacial score (nSPS) is 40.0. The number of aliphatic hydroxyl groups is 1. The second-order valence-electron chi connectivity index (χ2n) is 2.97. The van der Waals surface area contributed by atoms with Gasteiger partial charge in [-0.2, -0.15) is 0 Å². The topological polar surface area (TPSA) is 69.6 Å². The number of aliphatic carboxylic acids is 1. The molecule has 1 aliphatic heterocycles. The summed E-state index contributed by atoms with van der Waals surface area (Å²) in [6.07, 6.45) is 0.294. The Morgan fingerprint density at radius 2 is 2.40 bits per heavy atom. The molecule has 0 spiro atoms. The summed E-state index contributed by atoms with van der Waals surface area (Å²) in [5, 5.41) is 20.5. The Morgan fingerprint density at radius 3 is 2.60 bits per heavy atom. The van der Waals surface area contributed by atoms with Gasteiger partial charge in [-0.1, -0.05) is 0 Å². The van der Waals surface area contributed by atoms with Crippen LogP contribution in [0.15, 0.2) is 0 Å². The number of hydrogen-bond acceptors (Lipinski definition) is 3. The highest BCUT2D eigenvalue weighted by Gasteiger charge is 2.36. The number of hydrogen-bond donors (Lipinski definition) is 3. The predicted molar refractivity (Wildman–Crippen MR) is 34.7 cm³/mol. The average molecular weight is 145 g/mol. The Morgan fingerprint density at radius 1 is 1.80 bits per heavy atom. The van der Waals surface area contributed by atoms with Crippen LogP contribution in [-0.4, -0.2) is 34.4 Å². The fourth-order valence-corrected chi connectivity index (χ4v) is 1.10. The lowest BCUT2D eigenvalue weighted by atomic mass is 10.0. The standard InChI is InChI=1S/C6H11NO3/c1-6(10)2-4(5(8)9)7-3-6/h4,7,10H,2-3H2,1H3,(H,8,9)/t4?,6-/m1/s1. The van der Waals surface area contributed by atoms with Crippen LogP contribution in [0.4, 0.5) is 0 Å². The molecule has 10 heavy (non-hydrogen) atoms.